The van der Waals surface area contributed by atoms with E-state index < -0.39 is 17.8 Å². The number of piperidine rings is 1. The number of halogens is 2. The van der Waals surface area contributed by atoms with Gasteiger partial charge in [0.05, 0.1) is 4.47 Å². The van der Waals surface area contributed by atoms with E-state index in [0.717, 1.165) is 12.5 Å². The molecule has 1 aromatic rings. The summed E-state index contributed by atoms with van der Waals surface area (Å²) >= 11 is 3.02. The second-order valence-electron chi connectivity index (χ2n) is 4.09. The minimum atomic E-state index is -0.530. The van der Waals surface area contributed by atoms with E-state index in [4.69, 9.17) is 0 Å². The van der Waals surface area contributed by atoms with Gasteiger partial charge < -0.3 is 10.6 Å². The Bertz CT molecular complexity index is 493. The molecule has 1 fully saturated rings. The van der Waals surface area contributed by atoms with Crippen molar-refractivity contribution in [3.63, 3.8) is 0 Å². The summed E-state index contributed by atoms with van der Waals surface area (Å²) in [5.41, 5.74) is 0.203. The van der Waals surface area contributed by atoms with E-state index >= 15 is 0 Å². The Hall–Kier alpha value is -1.43. The Balaban J connectivity index is 2.07. The van der Waals surface area contributed by atoms with Crippen molar-refractivity contribution < 1.29 is 14.0 Å². The quantitative estimate of drug-likeness (QED) is 0.871. The summed E-state index contributed by atoms with van der Waals surface area (Å²) in [5.74, 6) is -1.13. The van der Waals surface area contributed by atoms with Crippen LogP contribution in [0.3, 0.4) is 0 Å². The van der Waals surface area contributed by atoms with Crippen molar-refractivity contribution >= 4 is 27.7 Å². The van der Waals surface area contributed by atoms with Crippen molar-refractivity contribution in [3.8, 4) is 0 Å². The maximum atomic E-state index is 13.3. The van der Waals surface area contributed by atoms with Crippen LogP contribution in [0.25, 0.3) is 0 Å². The van der Waals surface area contributed by atoms with Gasteiger partial charge in [-0.05, 0) is 47.0 Å². The van der Waals surface area contributed by atoms with E-state index in [1.54, 1.807) is 0 Å². The van der Waals surface area contributed by atoms with E-state index in [1.807, 2.05) is 0 Å². The van der Waals surface area contributed by atoms with Crippen LogP contribution < -0.4 is 10.6 Å². The first-order chi connectivity index (χ1) is 8.58. The van der Waals surface area contributed by atoms with E-state index in [1.165, 1.54) is 12.1 Å². The third-order valence-electron chi connectivity index (χ3n) is 2.77. The molecular formula is C12H12BrFN2O2. The molecule has 0 spiro atoms. The van der Waals surface area contributed by atoms with Crippen LogP contribution in [-0.2, 0) is 4.79 Å². The molecule has 0 aliphatic carbocycles. The molecule has 1 aliphatic heterocycles. The van der Waals surface area contributed by atoms with Gasteiger partial charge >= 0.3 is 0 Å². The molecule has 4 nitrogen and oxygen atoms in total. The predicted octanol–water partition coefficient (Wildman–Crippen LogP) is 1.60. The normalized spacial score (nSPS) is 19.2. The molecule has 18 heavy (non-hydrogen) atoms. The van der Waals surface area contributed by atoms with Crippen molar-refractivity contribution in [2.24, 2.45) is 0 Å². The molecule has 0 radical (unpaired) electrons. The molecule has 96 valence electrons. The molecule has 2 rings (SSSR count). The van der Waals surface area contributed by atoms with E-state index in [-0.39, 0.29) is 11.5 Å². The number of hydrogen-bond donors (Lipinski definition) is 2. The maximum absolute atomic E-state index is 13.3. The van der Waals surface area contributed by atoms with E-state index in [2.05, 4.69) is 26.6 Å². The van der Waals surface area contributed by atoms with Gasteiger partial charge in [0.15, 0.2) is 0 Å². The topological polar surface area (TPSA) is 58.2 Å². The zero-order chi connectivity index (χ0) is 13.1. The standard InChI is InChI=1S/C12H12BrFN2O2/c13-8-4-3-7(6-9(8)14)11(17)16-10-2-1-5-15-12(10)18/h3-4,6,10H,1-2,5H2,(H,15,18)(H,16,17). The van der Waals surface area contributed by atoms with Crippen LogP contribution in [0.1, 0.15) is 23.2 Å². The molecule has 1 atom stereocenters. The lowest BCUT2D eigenvalue weighted by Gasteiger charge is -2.22. The predicted molar refractivity (Wildman–Crippen MR) is 67.6 cm³/mol. The highest BCUT2D eigenvalue weighted by Crippen LogP contribution is 2.16. The molecule has 0 bridgehead atoms. The minimum Gasteiger partial charge on any atom is -0.354 e. The Morgan fingerprint density at radius 1 is 1.50 bits per heavy atom. The summed E-state index contributed by atoms with van der Waals surface area (Å²) in [6.45, 7) is 0.637. The van der Waals surface area contributed by atoms with Gasteiger partial charge in [-0.25, -0.2) is 4.39 Å². The summed E-state index contributed by atoms with van der Waals surface area (Å²) < 4.78 is 13.6. The van der Waals surface area contributed by atoms with Crippen molar-refractivity contribution in [1.82, 2.24) is 10.6 Å². The van der Waals surface area contributed by atoms with Crippen molar-refractivity contribution in [1.29, 1.82) is 0 Å². The van der Waals surface area contributed by atoms with Gasteiger partial charge in [0.2, 0.25) is 5.91 Å². The number of amides is 2. The highest BCUT2D eigenvalue weighted by Gasteiger charge is 2.24. The molecule has 0 aromatic heterocycles. The minimum absolute atomic E-state index is 0.188. The average Bonchev–Trinajstić information content (AvgIpc) is 2.35. The molecule has 1 aliphatic rings. The fourth-order valence-electron chi connectivity index (χ4n) is 1.79. The highest BCUT2D eigenvalue weighted by atomic mass is 79.9. The number of benzene rings is 1. The van der Waals surface area contributed by atoms with E-state index in [0.29, 0.717) is 17.4 Å². The first kappa shape index (κ1) is 13.0. The SMILES string of the molecule is O=C(NC1CCCNC1=O)c1ccc(Br)c(F)c1. The lowest BCUT2D eigenvalue weighted by atomic mass is 10.1. The van der Waals surface area contributed by atoms with Crippen molar-refractivity contribution in [2.75, 3.05) is 6.54 Å². The zero-order valence-corrected chi connectivity index (χ0v) is 11.1. The van der Waals surface area contributed by atoms with Crippen molar-refractivity contribution in [3.05, 3.63) is 34.1 Å². The van der Waals surface area contributed by atoms with E-state index in [9.17, 15) is 14.0 Å². The number of carbonyl (C=O) groups excluding carboxylic acids is 2. The van der Waals surface area contributed by atoms with Gasteiger partial charge in [-0.15, -0.1) is 0 Å². The molecule has 1 unspecified atom stereocenters. The lowest BCUT2D eigenvalue weighted by Crippen LogP contribution is -2.50. The second kappa shape index (κ2) is 5.48. The number of carbonyl (C=O) groups is 2. The number of rotatable bonds is 2. The van der Waals surface area contributed by atoms with Gasteiger partial charge in [-0.1, -0.05) is 0 Å². The summed E-state index contributed by atoms with van der Waals surface area (Å²) in [4.78, 5) is 23.3. The smallest absolute Gasteiger partial charge is 0.252 e. The summed E-state index contributed by atoms with van der Waals surface area (Å²) in [5, 5.41) is 5.27. The number of hydrogen-bond acceptors (Lipinski definition) is 2. The molecular weight excluding hydrogens is 303 g/mol. The second-order valence-corrected chi connectivity index (χ2v) is 4.94. The number of nitrogens with one attached hydrogen (secondary N) is 2. The third-order valence-corrected chi connectivity index (χ3v) is 3.42. The molecule has 1 heterocycles. The zero-order valence-electron chi connectivity index (χ0n) is 9.50. The van der Waals surface area contributed by atoms with Crippen LogP contribution in [0.4, 0.5) is 4.39 Å². The molecule has 2 N–H and O–H groups in total. The Kier molecular flexibility index (Phi) is 3.96. The largest absolute Gasteiger partial charge is 0.354 e. The Morgan fingerprint density at radius 2 is 2.28 bits per heavy atom. The van der Waals surface area contributed by atoms with Crippen molar-refractivity contribution in [2.45, 2.75) is 18.9 Å². The maximum Gasteiger partial charge on any atom is 0.252 e. The monoisotopic (exact) mass is 314 g/mol. The fourth-order valence-corrected chi connectivity index (χ4v) is 2.04. The van der Waals surface area contributed by atoms with Gasteiger partial charge in [0.1, 0.15) is 11.9 Å². The van der Waals surface area contributed by atoms with Crippen LogP contribution in [0.15, 0.2) is 22.7 Å². The first-order valence-electron chi connectivity index (χ1n) is 5.61. The highest BCUT2D eigenvalue weighted by molar-refractivity contribution is 9.10. The summed E-state index contributed by atoms with van der Waals surface area (Å²) in [6.07, 6.45) is 1.43. The van der Waals surface area contributed by atoms with Crippen LogP contribution in [-0.4, -0.2) is 24.4 Å². The molecule has 1 aromatic carbocycles. The lowest BCUT2D eigenvalue weighted by molar-refractivity contribution is -0.124. The molecule has 2 amide bonds. The van der Waals surface area contributed by atoms with Crippen LogP contribution in [0.5, 0.6) is 0 Å². The van der Waals surface area contributed by atoms with Gasteiger partial charge in [0.25, 0.3) is 5.91 Å². The van der Waals surface area contributed by atoms with Gasteiger partial charge in [0, 0.05) is 12.1 Å². The van der Waals surface area contributed by atoms with Gasteiger partial charge in [-0.3, -0.25) is 9.59 Å². The van der Waals surface area contributed by atoms with Crippen LogP contribution >= 0.6 is 15.9 Å². The fraction of sp³-hybridized carbons (Fsp3) is 0.333. The molecule has 1 saturated heterocycles. The summed E-state index contributed by atoms with van der Waals surface area (Å²) in [7, 11) is 0. The molecule has 0 saturated carbocycles. The van der Waals surface area contributed by atoms with Crippen LogP contribution in [0.2, 0.25) is 0 Å². The Morgan fingerprint density at radius 3 is 2.94 bits per heavy atom. The van der Waals surface area contributed by atoms with Gasteiger partial charge in [-0.2, -0.15) is 0 Å². The van der Waals surface area contributed by atoms with Crippen LogP contribution in [0, 0.1) is 5.82 Å². The first-order valence-corrected chi connectivity index (χ1v) is 6.41. The summed E-state index contributed by atoms with van der Waals surface area (Å²) in [6, 6.07) is 3.58. The molecule has 6 heteroatoms. The third kappa shape index (κ3) is 2.87. The average molecular weight is 315 g/mol. The Labute approximate surface area is 112 Å².